The highest BCUT2D eigenvalue weighted by Crippen LogP contribution is 2.17. The molecule has 0 atom stereocenters. The number of halogens is 1. The van der Waals surface area contributed by atoms with E-state index in [0.717, 1.165) is 9.13 Å². The predicted octanol–water partition coefficient (Wildman–Crippen LogP) is 2.46. The number of amides is 2. The smallest absolute Gasteiger partial charge is 0.282 e. The van der Waals surface area contributed by atoms with E-state index >= 15 is 0 Å². The van der Waals surface area contributed by atoms with Crippen LogP contribution in [0.5, 0.6) is 0 Å². The molecule has 26 heavy (non-hydrogen) atoms. The third-order valence-corrected chi connectivity index (χ3v) is 4.66. The summed E-state index contributed by atoms with van der Waals surface area (Å²) in [5.74, 6) is -1.20. The zero-order chi connectivity index (χ0) is 19.3. The van der Waals surface area contributed by atoms with Crippen LogP contribution >= 0.6 is 34.8 Å². The lowest BCUT2D eigenvalue weighted by atomic mass is 10.1. The van der Waals surface area contributed by atoms with Crippen LogP contribution in [0.25, 0.3) is 0 Å². The van der Waals surface area contributed by atoms with Crippen LogP contribution in [0.2, 0.25) is 0 Å². The number of carbonyl (C=O) groups is 2. The minimum atomic E-state index is -0.751. The van der Waals surface area contributed by atoms with Gasteiger partial charge in [0.2, 0.25) is 0 Å². The molecule has 2 amide bonds. The van der Waals surface area contributed by atoms with E-state index in [0.29, 0.717) is 5.56 Å². The van der Waals surface area contributed by atoms with Crippen LogP contribution < -0.4 is 16.2 Å². The van der Waals surface area contributed by atoms with Crippen LogP contribution in [0.1, 0.15) is 26.3 Å². The van der Waals surface area contributed by atoms with Gasteiger partial charge in [0.1, 0.15) is 5.56 Å². The molecular formula is C16H13IN4O4S. The van der Waals surface area contributed by atoms with Gasteiger partial charge in [-0.05, 0) is 65.5 Å². The SMILES string of the molecule is Cc1ccc(C(=O)NC(=S)NNC(=O)c2ccccc2[N+](=O)[O-])cc1I. The Balaban J connectivity index is 1.96. The maximum atomic E-state index is 12.1. The van der Waals surface area contributed by atoms with Crippen molar-refractivity contribution < 1.29 is 14.5 Å². The molecule has 0 heterocycles. The molecule has 3 N–H and O–H groups in total. The van der Waals surface area contributed by atoms with E-state index in [9.17, 15) is 19.7 Å². The van der Waals surface area contributed by atoms with Crippen LogP contribution in [-0.4, -0.2) is 21.9 Å². The average molecular weight is 484 g/mol. The molecule has 0 aliphatic carbocycles. The Hall–Kier alpha value is -2.60. The Morgan fingerprint density at radius 3 is 2.46 bits per heavy atom. The van der Waals surface area contributed by atoms with Gasteiger partial charge in [0.15, 0.2) is 5.11 Å². The summed E-state index contributed by atoms with van der Waals surface area (Å²) in [4.78, 5) is 34.5. The van der Waals surface area contributed by atoms with E-state index in [1.165, 1.54) is 24.3 Å². The Morgan fingerprint density at radius 2 is 1.81 bits per heavy atom. The Labute approximate surface area is 167 Å². The van der Waals surface area contributed by atoms with Gasteiger partial charge in [0, 0.05) is 15.2 Å². The third-order valence-electron chi connectivity index (χ3n) is 3.30. The lowest BCUT2D eigenvalue weighted by Crippen LogP contribution is -2.48. The molecule has 0 saturated carbocycles. The van der Waals surface area contributed by atoms with Crippen molar-refractivity contribution in [3.05, 3.63) is 72.8 Å². The third kappa shape index (κ3) is 4.95. The van der Waals surface area contributed by atoms with Crippen LogP contribution in [0, 0.1) is 20.6 Å². The quantitative estimate of drug-likeness (QED) is 0.267. The minimum absolute atomic E-state index is 0.132. The van der Waals surface area contributed by atoms with E-state index in [2.05, 4.69) is 38.8 Å². The van der Waals surface area contributed by atoms with Crippen molar-refractivity contribution in [3.63, 3.8) is 0 Å². The first kappa shape index (κ1) is 19.7. The average Bonchev–Trinajstić information content (AvgIpc) is 2.61. The molecule has 0 saturated heterocycles. The highest BCUT2D eigenvalue weighted by atomic mass is 127. The topological polar surface area (TPSA) is 113 Å². The molecule has 0 aliphatic rings. The molecule has 0 aliphatic heterocycles. The monoisotopic (exact) mass is 484 g/mol. The van der Waals surface area contributed by atoms with Crippen molar-refractivity contribution in [2.24, 2.45) is 0 Å². The number of rotatable bonds is 3. The Bertz CT molecular complexity index is 904. The first-order valence-corrected chi connectivity index (χ1v) is 8.69. The molecule has 0 bridgehead atoms. The highest BCUT2D eigenvalue weighted by Gasteiger charge is 2.19. The van der Waals surface area contributed by atoms with Gasteiger partial charge in [-0.2, -0.15) is 0 Å². The number of thiocarbonyl (C=S) groups is 1. The Kier molecular flexibility index (Phi) is 6.58. The van der Waals surface area contributed by atoms with Crippen molar-refractivity contribution in [3.8, 4) is 0 Å². The van der Waals surface area contributed by atoms with Gasteiger partial charge < -0.3 is 0 Å². The van der Waals surface area contributed by atoms with E-state index < -0.39 is 16.7 Å². The summed E-state index contributed by atoms with van der Waals surface area (Å²) in [5, 5.41) is 13.2. The van der Waals surface area contributed by atoms with Gasteiger partial charge in [-0.15, -0.1) is 0 Å². The Morgan fingerprint density at radius 1 is 1.12 bits per heavy atom. The summed E-state index contributed by atoms with van der Waals surface area (Å²) in [6.45, 7) is 1.92. The molecule has 8 nitrogen and oxygen atoms in total. The van der Waals surface area contributed by atoms with E-state index in [4.69, 9.17) is 12.2 Å². The largest absolute Gasteiger partial charge is 0.298 e. The minimum Gasteiger partial charge on any atom is -0.298 e. The summed E-state index contributed by atoms with van der Waals surface area (Å²) in [6, 6.07) is 10.7. The first-order chi connectivity index (χ1) is 12.3. The van der Waals surface area contributed by atoms with Gasteiger partial charge >= 0.3 is 0 Å². The number of carbonyl (C=O) groups excluding carboxylic acids is 2. The fourth-order valence-corrected chi connectivity index (χ4v) is 2.61. The molecule has 0 unspecified atom stereocenters. The highest BCUT2D eigenvalue weighted by molar-refractivity contribution is 14.1. The number of hydrogen-bond donors (Lipinski definition) is 3. The summed E-state index contributed by atoms with van der Waals surface area (Å²) in [7, 11) is 0. The van der Waals surface area contributed by atoms with E-state index in [-0.39, 0.29) is 16.4 Å². The van der Waals surface area contributed by atoms with Crippen molar-refractivity contribution in [2.75, 3.05) is 0 Å². The van der Waals surface area contributed by atoms with Crippen LogP contribution in [-0.2, 0) is 0 Å². The number of benzene rings is 2. The molecule has 0 radical (unpaired) electrons. The molecule has 2 aromatic rings. The summed E-state index contributed by atoms with van der Waals surface area (Å²) in [6.07, 6.45) is 0. The fourth-order valence-electron chi connectivity index (χ4n) is 1.95. The molecule has 2 rings (SSSR count). The van der Waals surface area contributed by atoms with Crippen molar-refractivity contribution in [1.82, 2.24) is 16.2 Å². The number of hydrazine groups is 1. The summed E-state index contributed by atoms with van der Waals surface area (Å²) >= 11 is 7.06. The molecule has 134 valence electrons. The maximum absolute atomic E-state index is 12.1. The number of nitrogens with zero attached hydrogens (tertiary/aromatic N) is 1. The van der Waals surface area contributed by atoms with Gasteiger partial charge in [-0.25, -0.2) is 0 Å². The van der Waals surface area contributed by atoms with Gasteiger partial charge in [-0.3, -0.25) is 35.9 Å². The second kappa shape index (κ2) is 8.67. The molecule has 10 heteroatoms. The second-order valence-corrected chi connectivity index (χ2v) is 6.67. The number of nitrogens with one attached hydrogen (secondary N) is 3. The fraction of sp³-hybridized carbons (Fsp3) is 0.0625. The molecule has 0 fully saturated rings. The standard InChI is InChI=1S/C16H13IN4O4S/c1-9-6-7-10(8-12(9)17)14(22)18-16(26)20-19-15(23)11-4-2-3-5-13(11)21(24)25/h2-8H,1H3,(H,19,23)(H2,18,20,22,26). The van der Waals surface area contributed by atoms with E-state index in [1.54, 1.807) is 12.1 Å². The molecule has 0 aromatic heterocycles. The number of hydrogen-bond acceptors (Lipinski definition) is 5. The van der Waals surface area contributed by atoms with Crippen molar-refractivity contribution in [2.45, 2.75) is 6.92 Å². The lowest BCUT2D eigenvalue weighted by Gasteiger charge is -2.11. The zero-order valence-corrected chi connectivity index (χ0v) is 16.4. The molecular weight excluding hydrogens is 471 g/mol. The van der Waals surface area contributed by atoms with Crippen LogP contribution in [0.15, 0.2) is 42.5 Å². The predicted molar refractivity (Wildman–Crippen MR) is 108 cm³/mol. The van der Waals surface area contributed by atoms with Crippen molar-refractivity contribution >= 4 is 57.4 Å². The van der Waals surface area contributed by atoms with E-state index in [1.807, 2.05) is 13.0 Å². The number of nitro groups is 1. The second-order valence-electron chi connectivity index (χ2n) is 5.10. The molecule has 0 spiro atoms. The van der Waals surface area contributed by atoms with Gasteiger partial charge in [0.25, 0.3) is 17.5 Å². The number of aryl methyl sites for hydroxylation is 1. The van der Waals surface area contributed by atoms with Crippen LogP contribution in [0.3, 0.4) is 0 Å². The van der Waals surface area contributed by atoms with Crippen LogP contribution in [0.4, 0.5) is 5.69 Å². The zero-order valence-electron chi connectivity index (χ0n) is 13.4. The number of para-hydroxylation sites is 1. The lowest BCUT2D eigenvalue weighted by molar-refractivity contribution is -0.385. The summed E-state index contributed by atoms with van der Waals surface area (Å²) in [5.41, 5.74) is 5.55. The van der Waals surface area contributed by atoms with Crippen molar-refractivity contribution in [1.29, 1.82) is 0 Å². The molecule has 2 aromatic carbocycles. The first-order valence-electron chi connectivity index (χ1n) is 7.21. The summed E-state index contributed by atoms with van der Waals surface area (Å²) < 4.78 is 0.929. The normalized spacial score (nSPS) is 9.92. The van der Waals surface area contributed by atoms with Gasteiger partial charge in [-0.1, -0.05) is 18.2 Å². The maximum Gasteiger partial charge on any atom is 0.282 e. The number of nitro benzene ring substituents is 1. The van der Waals surface area contributed by atoms with Gasteiger partial charge in [0.05, 0.1) is 4.92 Å².